The first kappa shape index (κ1) is 16.2. The number of likely N-dealkylation sites (tertiary alicyclic amines) is 1. The van der Waals surface area contributed by atoms with Crippen molar-refractivity contribution in [3.63, 3.8) is 0 Å². The molecular weight excluding hydrogens is 206 g/mol. The summed E-state index contributed by atoms with van der Waals surface area (Å²) in [7, 11) is 2.22. The van der Waals surface area contributed by atoms with Gasteiger partial charge in [-0.15, -0.1) is 0 Å². The summed E-state index contributed by atoms with van der Waals surface area (Å²) >= 11 is 0. The van der Waals surface area contributed by atoms with Crippen LogP contribution in [0.1, 0.15) is 52.6 Å². The van der Waals surface area contributed by atoms with Crippen LogP contribution in [-0.2, 0) is 0 Å². The van der Waals surface area contributed by atoms with Crippen molar-refractivity contribution in [1.82, 2.24) is 4.90 Å². The van der Waals surface area contributed by atoms with Crippen LogP contribution in [0.3, 0.4) is 0 Å². The Labute approximate surface area is 108 Å². The summed E-state index contributed by atoms with van der Waals surface area (Å²) in [6.45, 7) is 11.6. The molecule has 0 amide bonds. The van der Waals surface area contributed by atoms with Crippen molar-refractivity contribution in [2.24, 2.45) is 5.92 Å². The predicted octanol–water partition coefficient (Wildman–Crippen LogP) is 4.75. The molecule has 1 heterocycles. The zero-order chi connectivity index (χ0) is 13.3. The van der Waals surface area contributed by atoms with E-state index in [4.69, 9.17) is 0 Å². The Bertz CT molecular complexity index is 258. The van der Waals surface area contributed by atoms with Gasteiger partial charge in [0.2, 0.25) is 0 Å². The van der Waals surface area contributed by atoms with Crippen LogP contribution in [0, 0.1) is 5.92 Å². The topological polar surface area (TPSA) is 3.24 Å². The third-order valence-corrected chi connectivity index (χ3v) is 3.09. The Morgan fingerprint density at radius 3 is 1.94 bits per heavy atom. The number of benzene rings is 1. The molecule has 0 aliphatic carbocycles. The summed E-state index contributed by atoms with van der Waals surface area (Å²) in [5.74, 6) is 0.799. The standard InChI is InChI=1S/C12H17N.2C2H6/c1-10-8-9-13(2)12(10)11-6-4-3-5-7-11;2*1-2/h3-7,10,12H,8-9H2,1-2H3;2*1-2H3. The molecule has 0 aromatic heterocycles. The molecule has 0 spiro atoms. The second-order valence-electron chi connectivity index (χ2n) is 4.10. The molecule has 0 N–H and O–H groups in total. The second-order valence-corrected chi connectivity index (χ2v) is 4.10. The summed E-state index contributed by atoms with van der Waals surface area (Å²) in [4.78, 5) is 2.46. The fourth-order valence-corrected chi connectivity index (χ4v) is 2.37. The van der Waals surface area contributed by atoms with Crippen molar-refractivity contribution in [3.05, 3.63) is 35.9 Å². The molecule has 1 aliphatic rings. The van der Waals surface area contributed by atoms with Gasteiger partial charge in [-0.1, -0.05) is 65.0 Å². The second kappa shape index (κ2) is 9.23. The Morgan fingerprint density at radius 2 is 1.53 bits per heavy atom. The molecule has 2 unspecified atom stereocenters. The van der Waals surface area contributed by atoms with Gasteiger partial charge in [0, 0.05) is 6.04 Å². The number of nitrogens with zero attached hydrogens (tertiary/aromatic N) is 1. The van der Waals surface area contributed by atoms with E-state index in [0.29, 0.717) is 6.04 Å². The van der Waals surface area contributed by atoms with Crippen LogP contribution in [0.5, 0.6) is 0 Å². The van der Waals surface area contributed by atoms with Gasteiger partial charge < -0.3 is 0 Å². The highest BCUT2D eigenvalue weighted by molar-refractivity contribution is 5.20. The zero-order valence-corrected chi connectivity index (χ0v) is 12.4. The SMILES string of the molecule is CC.CC.CC1CCN(C)C1c1ccccc1. The highest BCUT2D eigenvalue weighted by atomic mass is 15.2. The molecular formula is C16H29N. The van der Waals surface area contributed by atoms with Crippen molar-refractivity contribution in [3.8, 4) is 0 Å². The minimum atomic E-state index is 0.640. The van der Waals surface area contributed by atoms with E-state index >= 15 is 0 Å². The summed E-state index contributed by atoms with van der Waals surface area (Å²) < 4.78 is 0. The first-order chi connectivity index (χ1) is 8.29. The van der Waals surface area contributed by atoms with Gasteiger partial charge in [0.1, 0.15) is 0 Å². The van der Waals surface area contributed by atoms with E-state index in [0.717, 1.165) is 5.92 Å². The molecule has 1 heteroatoms. The average molecular weight is 235 g/mol. The normalized spacial score (nSPS) is 23.2. The third kappa shape index (κ3) is 4.51. The predicted molar refractivity (Wildman–Crippen MR) is 78.3 cm³/mol. The maximum absolute atomic E-state index is 2.46. The molecule has 2 rings (SSSR count). The number of hydrogen-bond donors (Lipinski definition) is 0. The van der Waals surface area contributed by atoms with Gasteiger partial charge in [0.05, 0.1) is 0 Å². The quantitative estimate of drug-likeness (QED) is 0.679. The Morgan fingerprint density at radius 1 is 1.00 bits per heavy atom. The lowest BCUT2D eigenvalue weighted by Crippen LogP contribution is -2.19. The fraction of sp³-hybridized carbons (Fsp3) is 0.625. The van der Waals surface area contributed by atoms with Crippen LogP contribution in [0.25, 0.3) is 0 Å². The van der Waals surface area contributed by atoms with E-state index in [9.17, 15) is 0 Å². The van der Waals surface area contributed by atoms with Crippen LogP contribution < -0.4 is 0 Å². The van der Waals surface area contributed by atoms with Crippen LogP contribution in [0.15, 0.2) is 30.3 Å². The third-order valence-electron chi connectivity index (χ3n) is 3.09. The molecule has 0 saturated carbocycles. The Balaban J connectivity index is 0.000000581. The maximum Gasteiger partial charge on any atom is 0.0371 e. The lowest BCUT2D eigenvalue weighted by Gasteiger charge is -2.23. The van der Waals surface area contributed by atoms with Gasteiger partial charge >= 0.3 is 0 Å². The van der Waals surface area contributed by atoms with Crippen LogP contribution in [0.2, 0.25) is 0 Å². The molecule has 2 atom stereocenters. The highest BCUT2D eigenvalue weighted by Crippen LogP contribution is 2.35. The lowest BCUT2D eigenvalue weighted by molar-refractivity contribution is 0.285. The van der Waals surface area contributed by atoms with Gasteiger partial charge in [-0.05, 0) is 31.5 Å². The van der Waals surface area contributed by atoms with E-state index in [1.807, 2.05) is 27.7 Å². The number of hydrogen-bond acceptors (Lipinski definition) is 1. The van der Waals surface area contributed by atoms with Gasteiger partial charge in [0.25, 0.3) is 0 Å². The van der Waals surface area contributed by atoms with E-state index in [-0.39, 0.29) is 0 Å². The fourth-order valence-electron chi connectivity index (χ4n) is 2.37. The van der Waals surface area contributed by atoms with Crippen LogP contribution in [0.4, 0.5) is 0 Å². The summed E-state index contributed by atoms with van der Waals surface area (Å²) in [5, 5.41) is 0. The highest BCUT2D eigenvalue weighted by Gasteiger charge is 2.29. The molecule has 1 fully saturated rings. The molecule has 17 heavy (non-hydrogen) atoms. The first-order valence-electron chi connectivity index (χ1n) is 7.04. The molecule has 1 saturated heterocycles. The molecule has 0 bridgehead atoms. The van der Waals surface area contributed by atoms with Gasteiger partial charge in [-0.2, -0.15) is 0 Å². The first-order valence-corrected chi connectivity index (χ1v) is 7.04. The Hall–Kier alpha value is -0.820. The van der Waals surface area contributed by atoms with Crippen molar-refractivity contribution in [1.29, 1.82) is 0 Å². The summed E-state index contributed by atoms with van der Waals surface area (Å²) in [5.41, 5.74) is 1.47. The van der Waals surface area contributed by atoms with Crippen molar-refractivity contribution >= 4 is 0 Å². The van der Waals surface area contributed by atoms with Crippen LogP contribution in [-0.4, -0.2) is 18.5 Å². The number of rotatable bonds is 1. The van der Waals surface area contributed by atoms with E-state index in [1.165, 1.54) is 18.5 Å². The van der Waals surface area contributed by atoms with E-state index < -0.39 is 0 Å². The molecule has 1 aliphatic heterocycles. The molecule has 1 aromatic carbocycles. The van der Waals surface area contributed by atoms with Crippen LogP contribution >= 0.6 is 0 Å². The minimum Gasteiger partial charge on any atom is -0.299 e. The summed E-state index contributed by atoms with van der Waals surface area (Å²) in [6, 6.07) is 11.5. The monoisotopic (exact) mass is 235 g/mol. The van der Waals surface area contributed by atoms with Gasteiger partial charge in [-0.25, -0.2) is 0 Å². The zero-order valence-electron chi connectivity index (χ0n) is 12.4. The average Bonchev–Trinajstić information content (AvgIpc) is 2.75. The molecule has 98 valence electrons. The smallest absolute Gasteiger partial charge is 0.0371 e. The minimum absolute atomic E-state index is 0.640. The van der Waals surface area contributed by atoms with Gasteiger partial charge in [0.15, 0.2) is 0 Å². The molecule has 1 nitrogen and oxygen atoms in total. The lowest BCUT2D eigenvalue weighted by atomic mass is 9.96. The largest absolute Gasteiger partial charge is 0.299 e. The molecule has 0 radical (unpaired) electrons. The van der Waals surface area contributed by atoms with Gasteiger partial charge in [-0.3, -0.25) is 4.90 Å². The molecule has 1 aromatic rings. The van der Waals surface area contributed by atoms with Crippen molar-refractivity contribution < 1.29 is 0 Å². The Kier molecular flexibility index (Phi) is 8.79. The van der Waals surface area contributed by atoms with Crippen molar-refractivity contribution in [2.75, 3.05) is 13.6 Å². The maximum atomic E-state index is 2.46. The van der Waals surface area contributed by atoms with E-state index in [1.54, 1.807) is 0 Å². The summed E-state index contributed by atoms with van der Waals surface area (Å²) in [6.07, 6.45) is 1.33. The van der Waals surface area contributed by atoms with Crippen molar-refractivity contribution in [2.45, 2.75) is 47.1 Å². The van der Waals surface area contributed by atoms with E-state index in [2.05, 4.69) is 49.2 Å².